The van der Waals surface area contributed by atoms with Crippen molar-refractivity contribution in [2.45, 2.75) is 65.7 Å². The zero-order valence-corrected chi connectivity index (χ0v) is 15.7. The number of carboxylic acid groups (broad SMARTS) is 1. The number of aryl methyl sites for hydroxylation is 1. The van der Waals surface area contributed by atoms with Gasteiger partial charge in [0.1, 0.15) is 0 Å². The van der Waals surface area contributed by atoms with Crippen LogP contribution in [0.25, 0.3) is 0 Å². The van der Waals surface area contributed by atoms with Gasteiger partial charge in [-0.1, -0.05) is 45.0 Å². The zero-order chi connectivity index (χ0) is 16.8. The lowest BCUT2D eigenvalue weighted by Gasteiger charge is -2.32. The van der Waals surface area contributed by atoms with E-state index in [4.69, 9.17) is 9.53 Å². The summed E-state index contributed by atoms with van der Waals surface area (Å²) in [6, 6.07) is 7.93. The Kier molecular flexibility index (Phi) is 7.30. The first kappa shape index (κ1) is 18.9. The summed E-state index contributed by atoms with van der Waals surface area (Å²) in [7, 11) is -1.02. The zero-order valence-electron chi connectivity index (χ0n) is 14.6. The van der Waals surface area contributed by atoms with Crippen LogP contribution >= 0.6 is 0 Å². The van der Waals surface area contributed by atoms with Gasteiger partial charge in [-0.05, 0) is 48.9 Å². The van der Waals surface area contributed by atoms with Gasteiger partial charge in [-0.2, -0.15) is 0 Å². The van der Waals surface area contributed by atoms with Crippen LogP contribution in [0.2, 0.25) is 13.1 Å². The van der Waals surface area contributed by atoms with Gasteiger partial charge in [0, 0.05) is 6.10 Å². The number of carbonyl (C=O) groups is 1. The van der Waals surface area contributed by atoms with E-state index in [-0.39, 0.29) is 11.8 Å². The Bertz CT molecular complexity index is 460. The Morgan fingerprint density at radius 1 is 1.18 bits per heavy atom. The number of benzene rings is 1. The van der Waals surface area contributed by atoms with E-state index < -0.39 is 15.0 Å². The van der Waals surface area contributed by atoms with Crippen LogP contribution < -0.4 is 0 Å². The molecule has 0 aliphatic rings. The molecule has 22 heavy (non-hydrogen) atoms. The second kappa shape index (κ2) is 8.49. The molecule has 0 spiro atoms. The summed E-state index contributed by atoms with van der Waals surface area (Å²) in [5, 5.41) is 8.78. The summed E-state index contributed by atoms with van der Waals surface area (Å²) in [5.41, 5.74) is 2.31. The van der Waals surface area contributed by atoms with Crippen LogP contribution in [0.4, 0.5) is 0 Å². The molecule has 0 saturated heterocycles. The molecule has 0 bridgehead atoms. The van der Waals surface area contributed by atoms with Gasteiger partial charge in [-0.25, -0.2) is 0 Å². The number of hydrogen-bond donors (Lipinski definition) is 1. The molecule has 1 aromatic carbocycles. The molecular weight excluding hydrogens is 292 g/mol. The number of hydrogen-bond acceptors (Lipinski definition) is 2. The quantitative estimate of drug-likeness (QED) is 0.734. The predicted octanol–water partition coefficient (Wildman–Crippen LogP) is 4.05. The van der Waals surface area contributed by atoms with Gasteiger partial charge < -0.3 is 9.53 Å². The van der Waals surface area contributed by atoms with Crippen molar-refractivity contribution in [3.63, 3.8) is 0 Å². The summed E-state index contributed by atoms with van der Waals surface area (Å²) >= 11 is 0. The van der Waals surface area contributed by atoms with Crippen molar-refractivity contribution < 1.29 is 14.3 Å². The fraction of sp³-hybridized carbons (Fsp3) is 0.611. The highest BCUT2D eigenvalue weighted by atomic mass is 28.3. The molecular formula is C18H30O3Si. The van der Waals surface area contributed by atoms with Crippen molar-refractivity contribution in [3.05, 3.63) is 35.4 Å². The van der Waals surface area contributed by atoms with E-state index in [1.54, 1.807) is 0 Å². The fourth-order valence-corrected chi connectivity index (χ4v) is 3.73. The SMILES string of the molecule is C[SiH](C)OC(CCCc1ccc(CC(=O)O)cc1)C(C)(C)C. The molecule has 3 nitrogen and oxygen atoms in total. The second-order valence-electron chi connectivity index (χ2n) is 7.32. The van der Waals surface area contributed by atoms with Crippen LogP contribution in [0.1, 0.15) is 44.7 Å². The average Bonchev–Trinajstić information content (AvgIpc) is 2.37. The van der Waals surface area contributed by atoms with E-state index in [2.05, 4.69) is 33.9 Å². The van der Waals surface area contributed by atoms with E-state index in [9.17, 15) is 4.79 Å². The minimum Gasteiger partial charge on any atom is -0.481 e. The minimum atomic E-state index is -1.02. The highest BCUT2D eigenvalue weighted by Crippen LogP contribution is 2.27. The van der Waals surface area contributed by atoms with Gasteiger partial charge in [0.2, 0.25) is 0 Å². The largest absolute Gasteiger partial charge is 0.481 e. The van der Waals surface area contributed by atoms with E-state index in [1.807, 2.05) is 24.3 Å². The van der Waals surface area contributed by atoms with Crippen LogP contribution in [0.5, 0.6) is 0 Å². The van der Waals surface area contributed by atoms with Crippen LogP contribution in [-0.2, 0) is 22.1 Å². The Morgan fingerprint density at radius 3 is 2.18 bits per heavy atom. The Hall–Kier alpha value is -1.13. The van der Waals surface area contributed by atoms with Crippen LogP contribution in [0.3, 0.4) is 0 Å². The first-order valence-electron chi connectivity index (χ1n) is 8.13. The molecule has 1 unspecified atom stereocenters. The fourth-order valence-electron chi connectivity index (χ4n) is 2.52. The van der Waals surface area contributed by atoms with Gasteiger partial charge in [0.15, 0.2) is 9.04 Å². The monoisotopic (exact) mass is 322 g/mol. The summed E-state index contributed by atoms with van der Waals surface area (Å²) in [6.45, 7) is 11.2. The van der Waals surface area contributed by atoms with Crippen molar-refractivity contribution >= 4 is 15.0 Å². The van der Waals surface area contributed by atoms with Gasteiger partial charge in [0.05, 0.1) is 6.42 Å². The molecule has 0 saturated carbocycles. The second-order valence-corrected chi connectivity index (χ2v) is 9.69. The third-order valence-corrected chi connectivity index (χ3v) is 4.59. The van der Waals surface area contributed by atoms with Crippen molar-refractivity contribution in [3.8, 4) is 0 Å². The molecule has 124 valence electrons. The lowest BCUT2D eigenvalue weighted by Crippen LogP contribution is -2.33. The molecule has 0 aliphatic heterocycles. The van der Waals surface area contributed by atoms with E-state index >= 15 is 0 Å². The highest BCUT2D eigenvalue weighted by molar-refractivity contribution is 6.48. The number of aliphatic carboxylic acids is 1. The smallest absolute Gasteiger partial charge is 0.307 e. The van der Waals surface area contributed by atoms with Gasteiger partial charge in [-0.15, -0.1) is 0 Å². The van der Waals surface area contributed by atoms with Gasteiger partial charge >= 0.3 is 5.97 Å². The molecule has 0 fully saturated rings. The summed E-state index contributed by atoms with van der Waals surface area (Å²) in [5.74, 6) is -0.782. The number of carboxylic acids is 1. The van der Waals surface area contributed by atoms with Crippen molar-refractivity contribution in [2.24, 2.45) is 5.41 Å². The predicted molar refractivity (Wildman–Crippen MR) is 93.9 cm³/mol. The lowest BCUT2D eigenvalue weighted by atomic mass is 9.86. The summed E-state index contributed by atoms with van der Waals surface area (Å²) in [6.07, 6.45) is 3.61. The van der Waals surface area contributed by atoms with Crippen LogP contribution in [0.15, 0.2) is 24.3 Å². The van der Waals surface area contributed by atoms with Crippen molar-refractivity contribution in [1.29, 1.82) is 0 Å². The third kappa shape index (κ3) is 7.23. The maximum Gasteiger partial charge on any atom is 0.307 e. The molecule has 1 atom stereocenters. The Labute approximate surface area is 136 Å². The Balaban J connectivity index is 2.49. The molecule has 0 aromatic heterocycles. The number of rotatable bonds is 8. The summed E-state index contributed by atoms with van der Waals surface area (Å²) < 4.78 is 6.19. The normalized spacial score (nSPS) is 13.4. The standard InChI is InChI=1S/C18H30O3Si/c1-18(2,3)16(21-22(4)5)8-6-7-14-9-11-15(12-10-14)13-17(19)20/h9-12,16,22H,6-8,13H2,1-5H3,(H,19,20). The topological polar surface area (TPSA) is 46.5 Å². The molecule has 4 heteroatoms. The molecule has 1 aromatic rings. The molecule has 1 rings (SSSR count). The van der Waals surface area contributed by atoms with E-state index in [0.717, 1.165) is 24.8 Å². The molecule has 0 heterocycles. The molecule has 0 aliphatic carbocycles. The van der Waals surface area contributed by atoms with E-state index in [0.29, 0.717) is 6.10 Å². The first-order valence-corrected chi connectivity index (χ1v) is 10.9. The average molecular weight is 323 g/mol. The van der Waals surface area contributed by atoms with Crippen molar-refractivity contribution in [1.82, 2.24) is 0 Å². The highest BCUT2D eigenvalue weighted by Gasteiger charge is 2.25. The van der Waals surface area contributed by atoms with Gasteiger partial charge in [-0.3, -0.25) is 4.79 Å². The third-order valence-electron chi connectivity index (χ3n) is 3.71. The van der Waals surface area contributed by atoms with Crippen LogP contribution in [-0.4, -0.2) is 26.2 Å². The van der Waals surface area contributed by atoms with Crippen LogP contribution in [0, 0.1) is 5.41 Å². The maximum atomic E-state index is 10.7. The molecule has 1 N–H and O–H groups in total. The van der Waals surface area contributed by atoms with Gasteiger partial charge in [0.25, 0.3) is 0 Å². The Morgan fingerprint density at radius 2 is 1.73 bits per heavy atom. The molecule has 0 radical (unpaired) electrons. The minimum absolute atomic E-state index is 0.0965. The lowest BCUT2D eigenvalue weighted by molar-refractivity contribution is -0.136. The van der Waals surface area contributed by atoms with E-state index in [1.165, 1.54) is 5.56 Å². The molecule has 0 amide bonds. The summed E-state index contributed by atoms with van der Waals surface area (Å²) in [4.78, 5) is 10.7. The maximum absolute atomic E-state index is 10.7. The van der Waals surface area contributed by atoms with Crippen molar-refractivity contribution in [2.75, 3.05) is 0 Å². The first-order chi connectivity index (χ1) is 10.2.